The molecule has 0 atom stereocenters. The fraction of sp³-hybridized carbons (Fsp3) is 0.471. The number of hydrogen-bond donors (Lipinski definition) is 2. The SMILES string of the molecule is O=C(CC1(O)CCCCC1)Nc1nnc(Cc2cccc(F)c2)s1. The van der Waals surface area contributed by atoms with E-state index < -0.39 is 5.60 Å². The van der Waals surface area contributed by atoms with Crippen LogP contribution in [0.5, 0.6) is 0 Å². The van der Waals surface area contributed by atoms with Crippen molar-refractivity contribution in [3.63, 3.8) is 0 Å². The fourth-order valence-corrected chi connectivity index (χ4v) is 3.84. The highest BCUT2D eigenvalue weighted by atomic mass is 32.1. The molecule has 0 bridgehead atoms. The molecule has 1 saturated carbocycles. The number of rotatable bonds is 5. The van der Waals surface area contributed by atoms with E-state index in [1.165, 1.54) is 23.5 Å². The number of carbonyl (C=O) groups excluding carboxylic acids is 1. The number of hydrogen-bond acceptors (Lipinski definition) is 5. The third-order valence-electron chi connectivity index (χ3n) is 4.23. The standard InChI is InChI=1S/C17H20FN3O2S/c18-13-6-4-5-12(9-13)10-15-20-21-16(24-15)19-14(22)11-17(23)7-2-1-3-8-17/h4-6,9,23H,1-3,7-8,10-11H2,(H,19,21,22). The van der Waals surface area contributed by atoms with Crippen LogP contribution in [0.4, 0.5) is 9.52 Å². The first-order chi connectivity index (χ1) is 11.5. The minimum Gasteiger partial charge on any atom is -0.389 e. The molecule has 1 aliphatic rings. The summed E-state index contributed by atoms with van der Waals surface area (Å²) >= 11 is 1.26. The Bertz CT molecular complexity index is 713. The van der Waals surface area contributed by atoms with Crippen LogP contribution in [0, 0.1) is 5.82 Å². The molecule has 1 aliphatic carbocycles. The minimum atomic E-state index is -0.891. The lowest BCUT2D eigenvalue weighted by Gasteiger charge is -2.31. The van der Waals surface area contributed by atoms with Crippen LogP contribution in [-0.4, -0.2) is 26.8 Å². The Hall–Kier alpha value is -1.86. The van der Waals surface area contributed by atoms with Gasteiger partial charge in [-0.15, -0.1) is 10.2 Å². The Kier molecular flexibility index (Phi) is 5.20. The van der Waals surface area contributed by atoms with Gasteiger partial charge >= 0.3 is 0 Å². The zero-order valence-corrected chi connectivity index (χ0v) is 14.1. The summed E-state index contributed by atoms with van der Waals surface area (Å²) < 4.78 is 13.2. The summed E-state index contributed by atoms with van der Waals surface area (Å²) in [6.07, 6.45) is 4.92. The van der Waals surface area contributed by atoms with Gasteiger partial charge in [-0.1, -0.05) is 42.7 Å². The van der Waals surface area contributed by atoms with Crippen LogP contribution < -0.4 is 5.32 Å². The van der Waals surface area contributed by atoms with Gasteiger partial charge in [-0.2, -0.15) is 0 Å². The molecular weight excluding hydrogens is 329 g/mol. The highest BCUT2D eigenvalue weighted by Gasteiger charge is 2.31. The summed E-state index contributed by atoms with van der Waals surface area (Å²) in [5.41, 5.74) is -0.0854. The molecule has 1 aromatic heterocycles. The normalized spacial score (nSPS) is 16.8. The van der Waals surface area contributed by atoms with E-state index >= 15 is 0 Å². The highest BCUT2D eigenvalue weighted by Crippen LogP contribution is 2.31. The van der Waals surface area contributed by atoms with Gasteiger partial charge in [-0.25, -0.2) is 4.39 Å². The predicted molar refractivity (Wildman–Crippen MR) is 90.4 cm³/mol. The van der Waals surface area contributed by atoms with Gasteiger partial charge in [0, 0.05) is 6.42 Å². The predicted octanol–water partition coefficient (Wildman–Crippen LogP) is 3.29. The van der Waals surface area contributed by atoms with Crippen molar-refractivity contribution < 1.29 is 14.3 Å². The molecular formula is C17H20FN3O2S. The number of aromatic nitrogens is 2. The van der Waals surface area contributed by atoms with Crippen LogP contribution in [0.15, 0.2) is 24.3 Å². The van der Waals surface area contributed by atoms with E-state index in [-0.39, 0.29) is 18.1 Å². The number of amides is 1. The molecule has 5 nitrogen and oxygen atoms in total. The number of benzene rings is 1. The number of nitrogens with zero attached hydrogens (tertiary/aromatic N) is 2. The monoisotopic (exact) mass is 349 g/mol. The summed E-state index contributed by atoms with van der Waals surface area (Å²) in [4.78, 5) is 12.1. The van der Waals surface area contributed by atoms with E-state index in [0.717, 1.165) is 24.8 Å². The van der Waals surface area contributed by atoms with E-state index in [9.17, 15) is 14.3 Å². The van der Waals surface area contributed by atoms with Gasteiger partial charge in [-0.3, -0.25) is 4.79 Å². The van der Waals surface area contributed by atoms with E-state index in [0.29, 0.717) is 29.4 Å². The second-order valence-corrected chi connectivity index (χ2v) is 7.38. The minimum absolute atomic E-state index is 0.0891. The molecule has 0 saturated heterocycles. The molecule has 0 unspecified atom stereocenters. The van der Waals surface area contributed by atoms with E-state index in [4.69, 9.17) is 0 Å². The molecule has 1 heterocycles. The molecule has 1 aromatic carbocycles. The van der Waals surface area contributed by atoms with Crippen LogP contribution in [0.1, 0.15) is 49.1 Å². The van der Waals surface area contributed by atoms with Gasteiger partial charge in [0.15, 0.2) is 0 Å². The van der Waals surface area contributed by atoms with Gasteiger partial charge in [-0.05, 0) is 30.5 Å². The molecule has 1 fully saturated rings. The van der Waals surface area contributed by atoms with Crippen LogP contribution >= 0.6 is 11.3 Å². The van der Waals surface area contributed by atoms with Crippen molar-refractivity contribution in [2.45, 2.75) is 50.5 Å². The lowest BCUT2D eigenvalue weighted by atomic mass is 9.82. The number of halogens is 1. The summed E-state index contributed by atoms with van der Waals surface area (Å²) in [7, 11) is 0. The Labute approximate surface area is 143 Å². The van der Waals surface area contributed by atoms with E-state index in [1.54, 1.807) is 6.07 Å². The first-order valence-corrected chi connectivity index (χ1v) is 8.93. The maximum absolute atomic E-state index is 13.2. The molecule has 2 N–H and O–H groups in total. The maximum Gasteiger partial charge on any atom is 0.229 e. The van der Waals surface area contributed by atoms with Gasteiger partial charge < -0.3 is 10.4 Å². The Balaban J connectivity index is 1.56. The second-order valence-electron chi connectivity index (χ2n) is 6.32. The molecule has 2 aromatic rings. The molecule has 1 amide bonds. The summed E-state index contributed by atoms with van der Waals surface area (Å²) in [6, 6.07) is 6.32. The number of aliphatic hydroxyl groups is 1. The molecule has 3 rings (SSSR count). The van der Waals surface area contributed by atoms with Gasteiger partial charge in [0.2, 0.25) is 11.0 Å². The molecule has 0 radical (unpaired) electrons. The van der Waals surface area contributed by atoms with E-state index in [2.05, 4.69) is 15.5 Å². The number of carbonyl (C=O) groups is 1. The molecule has 24 heavy (non-hydrogen) atoms. The molecule has 128 valence electrons. The van der Waals surface area contributed by atoms with Crippen LogP contribution in [0.25, 0.3) is 0 Å². The lowest BCUT2D eigenvalue weighted by Crippen LogP contribution is -2.35. The maximum atomic E-state index is 13.2. The van der Waals surface area contributed by atoms with Crippen molar-refractivity contribution in [3.05, 3.63) is 40.7 Å². The number of nitrogens with one attached hydrogen (secondary N) is 1. The van der Waals surface area contributed by atoms with Crippen molar-refractivity contribution >= 4 is 22.4 Å². The Morgan fingerprint density at radius 3 is 2.83 bits per heavy atom. The Morgan fingerprint density at radius 1 is 1.29 bits per heavy atom. The average Bonchev–Trinajstić information content (AvgIpc) is 2.94. The molecule has 0 aliphatic heterocycles. The van der Waals surface area contributed by atoms with Crippen molar-refractivity contribution in [1.29, 1.82) is 0 Å². The summed E-state index contributed by atoms with van der Waals surface area (Å²) in [6.45, 7) is 0. The first kappa shape index (κ1) is 17.0. The van der Waals surface area contributed by atoms with E-state index in [1.807, 2.05) is 6.07 Å². The van der Waals surface area contributed by atoms with Crippen molar-refractivity contribution in [2.75, 3.05) is 5.32 Å². The van der Waals surface area contributed by atoms with Gasteiger partial charge in [0.05, 0.1) is 12.0 Å². The quantitative estimate of drug-likeness (QED) is 0.868. The molecule has 0 spiro atoms. The third kappa shape index (κ3) is 4.58. The fourth-order valence-electron chi connectivity index (χ4n) is 3.05. The average molecular weight is 349 g/mol. The largest absolute Gasteiger partial charge is 0.389 e. The van der Waals surface area contributed by atoms with Crippen molar-refractivity contribution in [3.8, 4) is 0 Å². The summed E-state index contributed by atoms with van der Waals surface area (Å²) in [5, 5.41) is 22.2. The topological polar surface area (TPSA) is 75.1 Å². The lowest BCUT2D eigenvalue weighted by molar-refractivity contribution is -0.122. The Morgan fingerprint density at radius 2 is 2.08 bits per heavy atom. The van der Waals surface area contributed by atoms with Gasteiger partial charge in [0.25, 0.3) is 0 Å². The van der Waals surface area contributed by atoms with Crippen LogP contribution in [0.3, 0.4) is 0 Å². The third-order valence-corrected chi connectivity index (χ3v) is 5.07. The summed E-state index contributed by atoms with van der Waals surface area (Å²) in [5.74, 6) is -0.529. The first-order valence-electron chi connectivity index (χ1n) is 8.11. The van der Waals surface area contributed by atoms with Crippen molar-refractivity contribution in [2.24, 2.45) is 0 Å². The zero-order valence-electron chi connectivity index (χ0n) is 13.3. The number of anilines is 1. The second kappa shape index (κ2) is 7.36. The van der Waals surface area contributed by atoms with Crippen LogP contribution in [-0.2, 0) is 11.2 Å². The smallest absolute Gasteiger partial charge is 0.229 e. The van der Waals surface area contributed by atoms with Crippen molar-refractivity contribution in [1.82, 2.24) is 10.2 Å². The zero-order chi connectivity index (χ0) is 17.0. The highest BCUT2D eigenvalue weighted by molar-refractivity contribution is 7.15. The van der Waals surface area contributed by atoms with Crippen LogP contribution in [0.2, 0.25) is 0 Å². The van der Waals surface area contributed by atoms with Gasteiger partial charge in [0.1, 0.15) is 10.8 Å². The molecule has 7 heteroatoms.